The van der Waals surface area contributed by atoms with Crippen LogP contribution in [0.3, 0.4) is 0 Å². The molecule has 6 heteroatoms. The van der Waals surface area contributed by atoms with E-state index in [1.54, 1.807) is 37.6 Å². The van der Waals surface area contributed by atoms with E-state index in [1.807, 2.05) is 36.4 Å². The number of methoxy groups -OCH3 is 1. The van der Waals surface area contributed by atoms with Crippen LogP contribution in [0.5, 0.6) is 5.75 Å². The monoisotopic (exact) mass is 367 g/mol. The number of halogens is 1. The molecular weight excluding hydrogens is 350 g/mol. The first-order valence-corrected chi connectivity index (χ1v) is 8.43. The summed E-state index contributed by atoms with van der Waals surface area (Å²) < 4.78 is 5.31. The van der Waals surface area contributed by atoms with E-state index in [9.17, 15) is 4.79 Å². The van der Waals surface area contributed by atoms with Crippen molar-refractivity contribution in [2.45, 2.75) is 6.54 Å². The van der Waals surface area contributed by atoms with Crippen molar-refractivity contribution in [1.82, 2.24) is 10.3 Å². The molecule has 0 spiro atoms. The molecule has 0 saturated carbocycles. The zero-order valence-corrected chi connectivity index (χ0v) is 15.0. The molecule has 2 aromatic carbocycles. The Balaban J connectivity index is 1.74. The lowest BCUT2D eigenvalue weighted by molar-refractivity contribution is 0.0951. The van der Waals surface area contributed by atoms with E-state index in [4.69, 9.17) is 16.3 Å². The Morgan fingerprint density at radius 2 is 1.85 bits per heavy atom. The molecule has 1 aromatic heterocycles. The number of hydrogen-bond acceptors (Lipinski definition) is 4. The molecule has 0 aliphatic heterocycles. The number of carbonyl (C=O) groups excluding carboxylic acids is 1. The number of ether oxygens (including phenoxy) is 1. The molecule has 132 valence electrons. The van der Waals surface area contributed by atoms with Gasteiger partial charge < -0.3 is 15.4 Å². The molecule has 0 bridgehead atoms. The maximum Gasteiger partial charge on any atom is 0.255 e. The first kappa shape index (κ1) is 17.8. The van der Waals surface area contributed by atoms with E-state index in [0.717, 1.165) is 17.0 Å². The van der Waals surface area contributed by atoms with Gasteiger partial charge in [0.05, 0.1) is 12.7 Å². The molecule has 5 nitrogen and oxygen atoms in total. The van der Waals surface area contributed by atoms with E-state index in [2.05, 4.69) is 15.6 Å². The van der Waals surface area contributed by atoms with E-state index >= 15 is 0 Å². The van der Waals surface area contributed by atoms with Gasteiger partial charge in [-0.25, -0.2) is 4.98 Å². The fourth-order valence-corrected chi connectivity index (χ4v) is 2.60. The number of para-hydroxylation sites is 1. The van der Waals surface area contributed by atoms with Crippen molar-refractivity contribution < 1.29 is 9.53 Å². The van der Waals surface area contributed by atoms with Crippen LogP contribution in [0.2, 0.25) is 5.02 Å². The number of hydrogen-bond donors (Lipinski definition) is 2. The summed E-state index contributed by atoms with van der Waals surface area (Å²) in [5, 5.41) is 6.70. The molecule has 1 heterocycles. The summed E-state index contributed by atoms with van der Waals surface area (Å²) in [6, 6.07) is 18.2. The van der Waals surface area contributed by atoms with Gasteiger partial charge in [-0.15, -0.1) is 0 Å². The van der Waals surface area contributed by atoms with E-state index < -0.39 is 0 Å². The van der Waals surface area contributed by atoms with Crippen LogP contribution >= 0.6 is 11.6 Å². The molecule has 0 aliphatic rings. The summed E-state index contributed by atoms with van der Waals surface area (Å²) in [7, 11) is 1.61. The minimum absolute atomic E-state index is 0.222. The predicted octanol–water partition coefficient (Wildman–Crippen LogP) is 4.42. The number of benzene rings is 2. The minimum Gasteiger partial charge on any atom is -0.496 e. The Morgan fingerprint density at radius 1 is 1.08 bits per heavy atom. The summed E-state index contributed by atoms with van der Waals surface area (Å²) >= 11 is 5.90. The zero-order chi connectivity index (χ0) is 18.4. The summed E-state index contributed by atoms with van der Waals surface area (Å²) in [6.07, 6.45) is 1.63. The first-order valence-electron chi connectivity index (χ1n) is 8.05. The van der Waals surface area contributed by atoms with Crippen LogP contribution in [-0.2, 0) is 6.54 Å². The van der Waals surface area contributed by atoms with E-state index in [1.165, 1.54) is 0 Å². The highest BCUT2D eigenvalue weighted by molar-refractivity contribution is 6.30. The Kier molecular flexibility index (Phi) is 5.71. The van der Waals surface area contributed by atoms with Gasteiger partial charge in [0.2, 0.25) is 0 Å². The first-order chi connectivity index (χ1) is 12.7. The van der Waals surface area contributed by atoms with Crippen molar-refractivity contribution in [3.63, 3.8) is 0 Å². The van der Waals surface area contributed by atoms with Gasteiger partial charge >= 0.3 is 0 Å². The van der Waals surface area contributed by atoms with Gasteiger partial charge in [-0.05, 0) is 42.5 Å². The fraction of sp³-hybridized carbons (Fsp3) is 0.100. The fourth-order valence-electron chi connectivity index (χ4n) is 2.48. The quantitative estimate of drug-likeness (QED) is 0.677. The van der Waals surface area contributed by atoms with Gasteiger partial charge in [-0.1, -0.05) is 29.8 Å². The van der Waals surface area contributed by atoms with Gasteiger partial charge in [0.15, 0.2) is 0 Å². The lowest BCUT2D eigenvalue weighted by Crippen LogP contribution is -2.24. The highest BCUT2D eigenvalue weighted by atomic mass is 35.5. The van der Waals surface area contributed by atoms with Crippen molar-refractivity contribution in [2.24, 2.45) is 0 Å². The second kappa shape index (κ2) is 8.36. The Morgan fingerprint density at radius 3 is 2.62 bits per heavy atom. The highest BCUT2D eigenvalue weighted by Gasteiger charge is 2.13. The summed E-state index contributed by atoms with van der Waals surface area (Å²) in [6.45, 7) is 0.359. The van der Waals surface area contributed by atoms with Crippen LogP contribution in [0.25, 0.3) is 0 Å². The van der Waals surface area contributed by atoms with E-state index in [-0.39, 0.29) is 5.91 Å². The lowest BCUT2D eigenvalue weighted by atomic mass is 10.2. The van der Waals surface area contributed by atoms with Gasteiger partial charge in [-0.2, -0.15) is 0 Å². The second-order valence-electron chi connectivity index (χ2n) is 5.53. The number of amides is 1. The van der Waals surface area contributed by atoms with Crippen LogP contribution in [0.1, 0.15) is 15.9 Å². The molecule has 3 rings (SSSR count). The molecular formula is C20H18ClN3O2. The largest absolute Gasteiger partial charge is 0.496 e. The van der Waals surface area contributed by atoms with Crippen molar-refractivity contribution >= 4 is 29.0 Å². The second-order valence-corrected chi connectivity index (χ2v) is 5.96. The Labute approximate surface area is 157 Å². The van der Waals surface area contributed by atoms with Gasteiger partial charge in [-0.3, -0.25) is 4.79 Å². The zero-order valence-electron chi connectivity index (χ0n) is 14.2. The van der Waals surface area contributed by atoms with Gasteiger partial charge in [0, 0.05) is 29.0 Å². The SMILES string of the molecule is COc1ccccc1CNC(=O)c1cccnc1Nc1ccc(Cl)cc1. The van der Waals surface area contributed by atoms with Crippen LogP contribution in [0.4, 0.5) is 11.5 Å². The molecule has 3 aromatic rings. The number of pyridine rings is 1. The standard InChI is InChI=1S/C20H18ClN3O2/c1-26-18-7-3-2-5-14(18)13-23-20(25)17-6-4-12-22-19(17)24-16-10-8-15(21)9-11-16/h2-12H,13H2,1H3,(H,22,24)(H,23,25). The molecule has 0 aliphatic carbocycles. The number of nitrogens with zero attached hydrogens (tertiary/aromatic N) is 1. The number of anilines is 2. The molecule has 0 radical (unpaired) electrons. The third-order valence-electron chi connectivity index (χ3n) is 3.79. The average molecular weight is 368 g/mol. The Hall–Kier alpha value is -3.05. The van der Waals surface area contributed by atoms with Crippen LogP contribution in [-0.4, -0.2) is 18.0 Å². The molecule has 0 atom stereocenters. The normalized spacial score (nSPS) is 10.2. The van der Waals surface area contributed by atoms with Crippen LogP contribution in [0, 0.1) is 0 Å². The van der Waals surface area contributed by atoms with E-state index in [0.29, 0.717) is 22.9 Å². The molecule has 0 saturated heterocycles. The molecule has 0 unspecified atom stereocenters. The van der Waals surface area contributed by atoms with Crippen LogP contribution < -0.4 is 15.4 Å². The summed E-state index contributed by atoms with van der Waals surface area (Å²) in [5.74, 6) is 0.992. The summed E-state index contributed by atoms with van der Waals surface area (Å²) in [4.78, 5) is 16.9. The third-order valence-corrected chi connectivity index (χ3v) is 4.04. The highest BCUT2D eigenvalue weighted by Crippen LogP contribution is 2.21. The maximum absolute atomic E-state index is 12.6. The van der Waals surface area contributed by atoms with Crippen molar-refractivity contribution in [2.75, 3.05) is 12.4 Å². The third kappa shape index (κ3) is 4.32. The lowest BCUT2D eigenvalue weighted by Gasteiger charge is -2.12. The van der Waals surface area contributed by atoms with Crippen molar-refractivity contribution in [3.05, 3.63) is 83.0 Å². The average Bonchev–Trinajstić information content (AvgIpc) is 2.68. The van der Waals surface area contributed by atoms with Crippen molar-refractivity contribution in [3.8, 4) is 5.75 Å². The Bertz CT molecular complexity index is 898. The smallest absolute Gasteiger partial charge is 0.255 e. The number of rotatable bonds is 6. The summed E-state index contributed by atoms with van der Waals surface area (Å²) in [5.41, 5.74) is 2.16. The topological polar surface area (TPSA) is 63.2 Å². The number of aromatic nitrogens is 1. The molecule has 1 amide bonds. The van der Waals surface area contributed by atoms with Gasteiger partial charge in [0.25, 0.3) is 5.91 Å². The van der Waals surface area contributed by atoms with Crippen LogP contribution in [0.15, 0.2) is 66.9 Å². The molecule has 2 N–H and O–H groups in total. The maximum atomic E-state index is 12.6. The number of nitrogens with one attached hydrogen (secondary N) is 2. The molecule has 26 heavy (non-hydrogen) atoms. The van der Waals surface area contributed by atoms with Gasteiger partial charge in [0.1, 0.15) is 11.6 Å². The minimum atomic E-state index is -0.222. The van der Waals surface area contributed by atoms with Crippen molar-refractivity contribution in [1.29, 1.82) is 0 Å². The number of carbonyl (C=O) groups is 1. The molecule has 0 fully saturated rings. The predicted molar refractivity (Wildman–Crippen MR) is 103 cm³/mol.